The van der Waals surface area contributed by atoms with Crippen molar-refractivity contribution < 1.29 is 22.4 Å². The maximum absolute atomic E-state index is 14.3. The van der Waals surface area contributed by atoms with Gasteiger partial charge in [0.1, 0.15) is 11.5 Å². The molecule has 1 amide bonds. The van der Waals surface area contributed by atoms with E-state index in [1.807, 2.05) is 13.8 Å². The van der Waals surface area contributed by atoms with Crippen molar-refractivity contribution in [1.29, 1.82) is 0 Å². The molecule has 2 aromatic carbocycles. The van der Waals surface area contributed by atoms with Gasteiger partial charge in [-0.15, -0.1) is 0 Å². The number of nitrogens with one attached hydrogen (secondary N) is 1. The molecule has 3 aromatic rings. The highest BCUT2D eigenvalue weighted by Gasteiger charge is 2.21. The van der Waals surface area contributed by atoms with E-state index in [4.69, 9.17) is 0 Å². The largest absolute Gasteiger partial charge is 0.350 e. The summed E-state index contributed by atoms with van der Waals surface area (Å²) in [6, 6.07) is 5.28. The summed E-state index contributed by atoms with van der Waals surface area (Å²) < 4.78 is 54.5. The molecule has 0 saturated carbocycles. The normalized spacial score (nSPS) is 11.1. The number of carbonyl (C=O) groups is 1. The molecule has 0 unspecified atom stereocenters. The number of hydrogen-bond donors (Lipinski definition) is 1. The quantitative estimate of drug-likeness (QED) is 0.507. The van der Waals surface area contributed by atoms with Gasteiger partial charge < -0.3 is 9.88 Å². The summed E-state index contributed by atoms with van der Waals surface area (Å²) in [6.45, 7) is 3.77. The van der Waals surface area contributed by atoms with E-state index in [0.717, 1.165) is 18.2 Å². The van der Waals surface area contributed by atoms with Gasteiger partial charge in [0.15, 0.2) is 17.5 Å². The molecule has 0 aliphatic heterocycles. The first-order valence-corrected chi connectivity index (χ1v) is 8.51. The van der Waals surface area contributed by atoms with Crippen molar-refractivity contribution in [2.45, 2.75) is 26.4 Å². The van der Waals surface area contributed by atoms with Crippen molar-refractivity contribution in [1.82, 2.24) is 14.9 Å². The van der Waals surface area contributed by atoms with Crippen LogP contribution in [0.2, 0.25) is 0 Å². The first-order valence-electron chi connectivity index (χ1n) is 8.51. The third-order valence-corrected chi connectivity index (χ3v) is 4.28. The van der Waals surface area contributed by atoms with Crippen molar-refractivity contribution in [3.63, 3.8) is 0 Å². The second kappa shape index (κ2) is 7.84. The number of benzene rings is 2. The van der Waals surface area contributed by atoms with Crippen LogP contribution in [0.5, 0.6) is 0 Å². The van der Waals surface area contributed by atoms with Gasteiger partial charge in [-0.2, -0.15) is 0 Å². The Kier molecular flexibility index (Phi) is 5.48. The lowest BCUT2D eigenvalue weighted by atomic mass is 10.0. The maximum Gasteiger partial charge on any atom is 0.274 e. The number of amides is 1. The number of nitrogens with zero attached hydrogens (tertiary/aromatic N) is 2. The van der Waals surface area contributed by atoms with Gasteiger partial charge in [-0.25, -0.2) is 22.5 Å². The lowest BCUT2D eigenvalue weighted by molar-refractivity contribution is 0.0685. The standard InChI is InChI=1S/C20H17F4N3O/c1-11(2)27(20(28)18-8-25-10-26-18)9-12-3-4-15(21)14(5-12)13-6-16(22)19(24)17(23)7-13/h3-8,10-11H,9H2,1-2H3,(H,25,26). The zero-order valence-electron chi connectivity index (χ0n) is 15.1. The molecular formula is C20H17F4N3O. The van der Waals surface area contributed by atoms with Crippen LogP contribution in [-0.2, 0) is 6.54 Å². The van der Waals surface area contributed by atoms with Gasteiger partial charge in [-0.3, -0.25) is 4.79 Å². The average molecular weight is 391 g/mol. The van der Waals surface area contributed by atoms with Gasteiger partial charge in [0.25, 0.3) is 5.91 Å². The van der Waals surface area contributed by atoms with E-state index < -0.39 is 23.3 Å². The molecule has 4 nitrogen and oxygen atoms in total. The summed E-state index contributed by atoms with van der Waals surface area (Å²) in [5, 5.41) is 0. The Balaban J connectivity index is 1.95. The Morgan fingerprint density at radius 2 is 1.75 bits per heavy atom. The fraction of sp³-hybridized carbons (Fsp3) is 0.200. The minimum atomic E-state index is -1.61. The predicted molar refractivity (Wildman–Crippen MR) is 95.3 cm³/mol. The molecule has 0 radical (unpaired) electrons. The predicted octanol–water partition coefficient (Wildman–Crippen LogP) is 4.68. The molecule has 0 aliphatic carbocycles. The number of carbonyl (C=O) groups excluding carboxylic acids is 1. The van der Waals surface area contributed by atoms with Gasteiger partial charge >= 0.3 is 0 Å². The molecule has 0 atom stereocenters. The van der Waals surface area contributed by atoms with Crippen molar-refractivity contribution in [2.75, 3.05) is 0 Å². The van der Waals surface area contributed by atoms with Crippen LogP contribution in [0.1, 0.15) is 29.9 Å². The highest BCUT2D eigenvalue weighted by atomic mass is 19.2. The summed E-state index contributed by atoms with van der Waals surface area (Å²) in [6.07, 6.45) is 2.86. The summed E-state index contributed by atoms with van der Waals surface area (Å²) in [5.41, 5.74) is 0.550. The van der Waals surface area contributed by atoms with Crippen LogP contribution in [-0.4, -0.2) is 26.8 Å². The van der Waals surface area contributed by atoms with E-state index in [-0.39, 0.29) is 35.3 Å². The number of aromatic nitrogens is 2. The second-order valence-electron chi connectivity index (χ2n) is 6.55. The Labute approximate surface area is 158 Å². The molecule has 0 fully saturated rings. The van der Waals surface area contributed by atoms with Crippen molar-refractivity contribution >= 4 is 5.91 Å². The summed E-state index contributed by atoms with van der Waals surface area (Å²) in [5.74, 6) is -5.46. The number of rotatable bonds is 5. The number of aromatic amines is 1. The third kappa shape index (κ3) is 3.90. The average Bonchev–Trinajstić information content (AvgIpc) is 3.19. The Morgan fingerprint density at radius 1 is 1.07 bits per heavy atom. The molecule has 3 rings (SSSR count). The second-order valence-corrected chi connectivity index (χ2v) is 6.55. The first kappa shape index (κ1) is 19.6. The Bertz CT molecular complexity index is 980. The fourth-order valence-electron chi connectivity index (χ4n) is 2.81. The summed E-state index contributed by atoms with van der Waals surface area (Å²) in [4.78, 5) is 20.8. The van der Waals surface area contributed by atoms with Crippen molar-refractivity contribution in [3.05, 3.63) is 77.4 Å². The highest BCUT2D eigenvalue weighted by molar-refractivity contribution is 5.92. The Morgan fingerprint density at radius 3 is 2.32 bits per heavy atom. The molecule has 146 valence electrons. The van der Waals surface area contributed by atoms with Gasteiger partial charge in [0.2, 0.25) is 0 Å². The van der Waals surface area contributed by atoms with Crippen molar-refractivity contribution in [3.8, 4) is 11.1 Å². The molecule has 1 aromatic heterocycles. The SMILES string of the molecule is CC(C)N(Cc1ccc(F)c(-c2cc(F)c(F)c(F)c2)c1)C(=O)c1c[nH]cn1. The van der Waals surface area contributed by atoms with E-state index in [1.165, 1.54) is 29.6 Å². The van der Waals surface area contributed by atoms with E-state index in [0.29, 0.717) is 5.56 Å². The molecule has 0 spiro atoms. The molecule has 8 heteroatoms. The van der Waals surface area contributed by atoms with Crippen LogP contribution < -0.4 is 0 Å². The monoisotopic (exact) mass is 391 g/mol. The maximum atomic E-state index is 14.3. The summed E-state index contributed by atoms with van der Waals surface area (Å²) in [7, 11) is 0. The third-order valence-electron chi connectivity index (χ3n) is 4.28. The van der Waals surface area contributed by atoms with Gasteiger partial charge in [-0.05, 0) is 49.2 Å². The number of halogens is 4. The molecule has 0 saturated heterocycles. The first-order chi connectivity index (χ1) is 13.3. The highest BCUT2D eigenvalue weighted by Crippen LogP contribution is 2.28. The molecular weight excluding hydrogens is 374 g/mol. The minimum absolute atomic E-state index is 0.0915. The van der Waals surface area contributed by atoms with Gasteiger partial charge in [0, 0.05) is 24.3 Å². The topological polar surface area (TPSA) is 49.0 Å². The number of imidazole rings is 1. The van der Waals surface area contributed by atoms with E-state index in [1.54, 1.807) is 0 Å². The van der Waals surface area contributed by atoms with Crippen LogP contribution >= 0.6 is 0 Å². The van der Waals surface area contributed by atoms with E-state index >= 15 is 0 Å². The van der Waals surface area contributed by atoms with E-state index in [2.05, 4.69) is 9.97 Å². The lowest BCUT2D eigenvalue weighted by Gasteiger charge is -2.26. The van der Waals surface area contributed by atoms with Crippen molar-refractivity contribution in [2.24, 2.45) is 0 Å². The van der Waals surface area contributed by atoms with Gasteiger partial charge in [-0.1, -0.05) is 6.07 Å². The lowest BCUT2D eigenvalue weighted by Crippen LogP contribution is -2.36. The smallest absolute Gasteiger partial charge is 0.274 e. The summed E-state index contributed by atoms with van der Waals surface area (Å²) >= 11 is 0. The van der Waals surface area contributed by atoms with E-state index in [9.17, 15) is 22.4 Å². The molecule has 0 aliphatic rings. The van der Waals surface area contributed by atoms with Gasteiger partial charge in [0.05, 0.1) is 6.33 Å². The fourth-order valence-corrected chi connectivity index (χ4v) is 2.81. The van der Waals surface area contributed by atoms with Crippen LogP contribution in [0.4, 0.5) is 17.6 Å². The Hall–Kier alpha value is -3.16. The molecule has 0 bridgehead atoms. The zero-order valence-corrected chi connectivity index (χ0v) is 15.1. The molecule has 28 heavy (non-hydrogen) atoms. The van der Waals surface area contributed by atoms with Crippen LogP contribution in [0, 0.1) is 23.3 Å². The van der Waals surface area contributed by atoms with Crippen LogP contribution in [0.3, 0.4) is 0 Å². The van der Waals surface area contributed by atoms with Crippen LogP contribution in [0.25, 0.3) is 11.1 Å². The number of hydrogen-bond acceptors (Lipinski definition) is 2. The molecule has 1 N–H and O–H groups in total. The zero-order chi connectivity index (χ0) is 20.4. The number of H-pyrrole nitrogens is 1. The van der Waals surface area contributed by atoms with Crippen LogP contribution in [0.15, 0.2) is 42.9 Å². The minimum Gasteiger partial charge on any atom is -0.350 e. The molecule has 1 heterocycles.